The molecule has 13 heteroatoms. The van der Waals surface area contributed by atoms with Crippen molar-refractivity contribution in [2.24, 2.45) is 11.3 Å². The minimum atomic E-state index is -1.58. The second-order valence-electron chi connectivity index (χ2n) is 15.5. The summed E-state index contributed by atoms with van der Waals surface area (Å²) in [4.78, 5) is 25.3. The average Bonchev–Trinajstić information content (AvgIpc) is 4.03. The molecule has 51 heavy (non-hydrogen) atoms. The highest BCUT2D eigenvalue weighted by Crippen LogP contribution is 2.48. The number of nitrogens with two attached hydrogens (primary N) is 2. The van der Waals surface area contributed by atoms with Crippen LogP contribution in [0.1, 0.15) is 91.8 Å². The van der Waals surface area contributed by atoms with Crippen molar-refractivity contribution in [1.82, 2.24) is 19.2 Å². The van der Waals surface area contributed by atoms with Gasteiger partial charge in [0.2, 0.25) is 10.8 Å². The van der Waals surface area contributed by atoms with Crippen LogP contribution in [-0.2, 0) is 22.7 Å². The molecule has 12 nitrogen and oxygen atoms in total. The first-order valence-electron chi connectivity index (χ1n) is 18.1. The summed E-state index contributed by atoms with van der Waals surface area (Å²) in [5.74, 6) is 5.78. The molecule has 3 fully saturated rings. The molecular weight excluding hydrogens is 667 g/mol. The minimum Gasteiger partial charge on any atom is -0.593 e. The van der Waals surface area contributed by atoms with Crippen molar-refractivity contribution in [1.29, 1.82) is 0 Å². The summed E-state index contributed by atoms with van der Waals surface area (Å²) in [7, 11) is 0. The van der Waals surface area contributed by atoms with E-state index in [0.29, 0.717) is 42.0 Å². The fourth-order valence-corrected chi connectivity index (χ4v) is 8.88. The highest BCUT2D eigenvalue weighted by molar-refractivity contribution is 7.89. The SMILES string of the molecule is Cc1cc2c(nc1OCCN1CCCC1)OC1(CC1)CN(Cc1cc(C(c3ccc(N(N)C4CC4)c(N)c3C)C(C)(C)C(=O)O)cnc1C)[S+]2[O-]. The van der Waals surface area contributed by atoms with Crippen molar-refractivity contribution in [3.63, 3.8) is 0 Å². The molecule has 2 aliphatic heterocycles. The van der Waals surface area contributed by atoms with Gasteiger partial charge in [-0.3, -0.25) is 14.7 Å². The Morgan fingerprint density at radius 3 is 2.61 bits per heavy atom. The molecule has 5 N–H and O–H groups in total. The van der Waals surface area contributed by atoms with Crippen molar-refractivity contribution in [3.05, 3.63) is 64.0 Å². The van der Waals surface area contributed by atoms with E-state index in [0.717, 1.165) is 84.5 Å². The van der Waals surface area contributed by atoms with Gasteiger partial charge in [0.25, 0.3) is 5.88 Å². The normalized spacial score (nSPS) is 20.8. The van der Waals surface area contributed by atoms with Gasteiger partial charge < -0.3 is 29.9 Å². The number of aryl methyl sites for hydroxylation is 2. The Kier molecular flexibility index (Phi) is 9.64. The number of rotatable bonds is 12. The van der Waals surface area contributed by atoms with E-state index in [1.165, 1.54) is 12.8 Å². The Hall–Kier alpha value is -3.62. The monoisotopic (exact) mass is 717 g/mol. The van der Waals surface area contributed by atoms with Gasteiger partial charge in [0.15, 0.2) is 0 Å². The number of fused-ring (bicyclic) bond motifs is 1. The standard InChI is InChI=1S/C38H51N7O5S/c1-23-18-31-35(42-34(23)49-17-16-43-14-6-7-15-43)50-38(12-13-38)22-44(51(31)48)21-27-19-26(20-41-25(27)3)32(37(4,5)36(46)47)29-10-11-30(33(39)24(29)2)45(40)28-8-9-28/h10-11,18-20,28,32H,6-9,12-17,21-22,39-40H2,1-5H3,(H,46,47). The van der Waals surface area contributed by atoms with Crippen LogP contribution in [0.3, 0.4) is 0 Å². The number of hydrogen-bond acceptors (Lipinski definition) is 11. The van der Waals surface area contributed by atoms with E-state index in [-0.39, 0.29) is 6.04 Å². The van der Waals surface area contributed by atoms with E-state index < -0.39 is 34.3 Å². The van der Waals surface area contributed by atoms with Crippen LogP contribution in [0.25, 0.3) is 0 Å². The molecule has 1 aromatic carbocycles. The van der Waals surface area contributed by atoms with Gasteiger partial charge in [-0.25, -0.2) is 5.84 Å². The summed E-state index contributed by atoms with van der Waals surface area (Å²) in [6, 6.07) is 8.02. The van der Waals surface area contributed by atoms with E-state index in [1.807, 2.05) is 49.3 Å². The number of carbonyl (C=O) groups is 1. The lowest BCUT2D eigenvalue weighted by Crippen LogP contribution is -2.38. The summed E-state index contributed by atoms with van der Waals surface area (Å²) in [6.07, 6.45) is 7.94. The summed E-state index contributed by atoms with van der Waals surface area (Å²) in [5.41, 5.74) is 11.1. The number of hydrogen-bond donors (Lipinski definition) is 3. The molecule has 1 saturated heterocycles. The Morgan fingerprint density at radius 1 is 1.22 bits per heavy atom. The number of aromatic nitrogens is 2. The maximum absolute atomic E-state index is 14.4. The molecule has 1 spiro atoms. The van der Waals surface area contributed by atoms with Gasteiger partial charge in [0.1, 0.15) is 12.2 Å². The van der Waals surface area contributed by atoms with Gasteiger partial charge in [-0.15, -0.1) is 4.31 Å². The van der Waals surface area contributed by atoms with Crippen LogP contribution in [0.15, 0.2) is 35.4 Å². The number of nitrogens with zero attached hydrogens (tertiary/aromatic N) is 5. The highest BCUT2D eigenvalue weighted by atomic mass is 32.2. The highest BCUT2D eigenvalue weighted by Gasteiger charge is 2.53. The predicted molar refractivity (Wildman–Crippen MR) is 197 cm³/mol. The second kappa shape index (κ2) is 13.7. The van der Waals surface area contributed by atoms with E-state index in [4.69, 9.17) is 31.0 Å². The Labute approximate surface area is 303 Å². The smallest absolute Gasteiger partial charge is 0.310 e. The average molecular weight is 718 g/mol. The predicted octanol–water partition coefficient (Wildman–Crippen LogP) is 4.99. The first kappa shape index (κ1) is 35.8. The Morgan fingerprint density at radius 2 is 1.94 bits per heavy atom. The third-order valence-corrected chi connectivity index (χ3v) is 12.6. The minimum absolute atomic E-state index is 0.268. The van der Waals surface area contributed by atoms with Crippen LogP contribution < -0.4 is 26.1 Å². The molecule has 0 amide bonds. The number of hydrazine groups is 1. The molecule has 2 saturated carbocycles. The Balaban J connectivity index is 1.18. The van der Waals surface area contributed by atoms with Crippen molar-refractivity contribution in [2.75, 3.05) is 43.5 Å². The van der Waals surface area contributed by atoms with Crippen molar-refractivity contribution < 1.29 is 23.9 Å². The lowest BCUT2D eigenvalue weighted by Gasteiger charge is -2.34. The maximum Gasteiger partial charge on any atom is 0.310 e. The van der Waals surface area contributed by atoms with Crippen molar-refractivity contribution >= 4 is 28.7 Å². The second-order valence-corrected chi connectivity index (χ2v) is 16.9. The van der Waals surface area contributed by atoms with Gasteiger partial charge in [-0.05, 0) is 115 Å². The first-order valence-corrected chi connectivity index (χ1v) is 19.2. The third-order valence-electron chi connectivity index (χ3n) is 11.2. The fraction of sp³-hybridized carbons (Fsp3) is 0.553. The molecule has 2 atom stereocenters. The number of ether oxygens (including phenoxy) is 2. The molecule has 274 valence electrons. The van der Waals surface area contributed by atoms with Crippen LogP contribution in [0.5, 0.6) is 11.8 Å². The summed E-state index contributed by atoms with van der Waals surface area (Å²) in [5, 5.41) is 12.2. The van der Waals surface area contributed by atoms with E-state index in [9.17, 15) is 14.5 Å². The Bertz CT molecular complexity index is 1810. The van der Waals surface area contributed by atoms with Gasteiger partial charge in [0.05, 0.1) is 41.2 Å². The molecule has 2 unspecified atom stereocenters. The molecule has 2 aliphatic carbocycles. The van der Waals surface area contributed by atoms with Gasteiger partial charge in [-0.2, -0.15) is 4.98 Å². The number of likely N-dealkylation sites (tertiary alicyclic amines) is 1. The van der Waals surface area contributed by atoms with E-state index in [1.54, 1.807) is 25.1 Å². The number of anilines is 2. The number of pyridine rings is 2. The van der Waals surface area contributed by atoms with Crippen LogP contribution >= 0.6 is 0 Å². The van der Waals surface area contributed by atoms with Gasteiger partial charge in [0, 0.05) is 42.0 Å². The number of carboxylic acids is 1. The van der Waals surface area contributed by atoms with Crippen LogP contribution in [0.2, 0.25) is 0 Å². The maximum atomic E-state index is 14.4. The van der Waals surface area contributed by atoms with Crippen molar-refractivity contribution in [2.45, 2.75) is 102 Å². The van der Waals surface area contributed by atoms with E-state index >= 15 is 0 Å². The number of aliphatic carboxylic acids is 1. The first-order chi connectivity index (χ1) is 24.3. The van der Waals surface area contributed by atoms with Crippen LogP contribution in [0, 0.1) is 26.2 Å². The molecule has 0 radical (unpaired) electrons. The largest absolute Gasteiger partial charge is 0.593 e. The lowest BCUT2D eigenvalue weighted by atomic mass is 9.70. The third kappa shape index (κ3) is 7.11. The van der Waals surface area contributed by atoms with Gasteiger partial charge in [-0.1, -0.05) is 12.1 Å². The number of carboxylic acid groups (broad SMARTS) is 1. The summed E-state index contributed by atoms with van der Waals surface area (Å²) < 4.78 is 28.9. The molecule has 3 aromatic rings. The zero-order chi connectivity index (χ0) is 36.2. The molecule has 4 heterocycles. The van der Waals surface area contributed by atoms with Crippen LogP contribution in [-0.4, -0.2) is 79.2 Å². The molecule has 2 aromatic heterocycles. The zero-order valence-corrected chi connectivity index (χ0v) is 31.2. The zero-order valence-electron chi connectivity index (χ0n) is 30.4. The molecular formula is C38H51N7O5S. The summed E-state index contributed by atoms with van der Waals surface area (Å²) in [6.45, 7) is 13.6. The van der Waals surface area contributed by atoms with Gasteiger partial charge >= 0.3 is 5.97 Å². The molecule has 4 aliphatic rings. The number of nitrogen functional groups attached to an aromatic ring is 1. The van der Waals surface area contributed by atoms with Crippen molar-refractivity contribution in [3.8, 4) is 11.8 Å². The fourth-order valence-electron chi connectivity index (χ4n) is 7.48. The van der Waals surface area contributed by atoms with Crippen LogP contribution in [0.4, 0.5) is 11.4 Å². The lowest BCUT2D eigenvalue weighted by molar-refractivity contribution is -0.147. The quantitative estimate of drug-likeness (QED) is 0.0996. The molecule has 7 rings (SSSR count). The number of benzene rings is 1. The topological polar surface area (TPSA) is 166 Å². The summed E-state index contributed by atoms with van der Waals surface area (Å²) >= 11 is -1.58. The van der Waals surface area contributed by atoms with E-state index in [2.05, 4.69) is 4.90 Å². The molecule has 0 bridgehead atoms.